The molecule has 25 heavy (non-hydrogen) atoms. The summed E-state index contributed by atoms with van der Waals surface area (Å²) in [4.78, 5) is 20.9. The van der Waals surface area contributed by atoms with E-state index in [4.69, 9.17) is 0 Å². The summed E-state index contributed by atoms with van der Waals surface area (Å²) < 4.78 is 2.10. The fourth-order valence-electron chi connectivity index (χ4n) is 2.77. The molecular weight excluding hydrogens is 332 g/mol. The van der Waals surface area contributed by atoms with Crippen molar-refractivity contribution in [3.63, 3.8) is 0 Å². The third-order valence-electron chi connectivity index (χ3n) is 4.08. The highest BCUT2D eigenvalue weighted by molar-refractivity contribution is 7.13. The number of hydrogen-bond donors (Lipinski definition) is 1. The normalized spacial score (nSPS) is 10.9. The molecule has 3 aromatic heterocycles. The molecule has 1 aromatic carbocycles. The fraction of sp³-hybridized carbons (Fsp3) is 0.105. The molecule has 124 valence electrons. The Bertz CT molecular complexity index is 1040. The number of pyridine rings is 1. The van der Waals surface area contributed by atoms with E-state index in [1.54, 1.807) is 17.8 Å². The predicted octanol–water partition coefficient (Wildman–Crippen LogP) is 3.63. The number of hydrogen-bond acceptors (Lipinski definition) is 4. The molecule has 4 aromatic rings. The number of carbonyl (C=O) groups is 1. The average molecular weight is 348 g/mol. The molecule has 3 heterocycles. The fourth-order valence-corrected chi connectivity index (χ4v) is 3.62. The monoisotopic (exact) mass is 348 g/mol. The second-order valence-corrected chi connectivity index (χ2v) is 6.59. The van der Waals surface area contributed by atoms with Gasteiger partial charge in [-0.15, -0.1) is 11.3 Å². The molecule has 4 rings (SSSR count). The first-order chi connectivity index (χ1) is 12.2. The maximum Gasteiger partial charge on any atom is 0.271 e. The second kappa shape index (κ2) is 6.49. The Balaban J connectivity index is 1.55. The number of aromatic nitrogens is 3. The molecular formula is C19H16N4OS. The lowest BCUT2D eigenvalue weighted by Gasteiger charge is -2.03. The van der Waals surface area contributed by atoms with Gasteiger partial charge in [-0.05, 0) is 23.8 Å². The maximum atomic E-state index is 12.3. The Kier molecular flexibility index (Phi) is 4.03. The highest BCUT2D eigenvalue weighted by Crippen LogP contribution is 2.29. The van der Waals surface area contributed by atoms with Crippen molar-refractivity contribution in [2.75, 3.05) is 0 Å². The zero-order valence-electron chi connectivity index (χ0n) is 13.6. The Labute approximate surface area is 149 Å². The minimum atomic E-state index is -0.176. The topological polar surface area (TPSA) is 59.8 Å². The average Bonchev–Trinajstić information content (AvgIpc) is 3.26. The van der Waals surface area contributed by atoms with Crippen molar-refractivity contribution in [1.29, 1.82) is 0 Å². The van der Waals surface area contributed by atoms with Crippen molar-refractivity contribution in [3.05, 3.63) is 71.5 Å². The van der Waals surface area contributed by atoms with Gasteiger partial charge in [0.1, 0.15) is 10.7 Å². The summed E-state index contributed by atoms with van der Waals surface area (Å²) in [7, 11) is 2.02. The molecule has 0 saturated heterocycles. The molecule has 0 bridgehead atoms. The standard InChI is InChI=1S/C19H16N4OS/c1-23-16-7-3-2-6-14(16)9-17(23)19-22-15(12-25-19)18(24)21-11-13-5-4-8-20-10-13/h2-10,12H,11H2,1H3,(H,21,24). The first-order valence-corrected chi connectivity index (χ1v) is 8.78. The summed E-state index contributed by atoms with van der Waals surface area (Å²) in [6.45, 7) is 0.438. The van der Waals surface area contributed by atoms with Gasteiger partial charge in [0.05, 0.1) is 5.69 Å². The Hall–Kier alpha value is -2.99. The third kappa shape index (κ3) is 3.04. The van der Waals surface area contributed by atoms with Crippen LogP contribution < -0.4 is 5.32 Å². The van der Waals surface area contributed by atoms with Crippen LogP contribution >= 0.6 is 11.3 Å². The van der Waals surface area contributed by atoms with Gasteiger partial charge in [-0.3, -0.25) is 9.78 Å². The molecule has 0 aliphatic heterocycles. The number of fused-ring (bicyclic) bond motifs is 1. The van der Waals surface area contributed by atoms with Crippen molar-refractivity contribution >= 4 is 28.1 Å². The van der Waals surface area contributed by atoms with Crippen LogP contribution in [0.4, 0.5) is 0 Å². The Morgan fingerprint density at radius 1 is 1.24 bits per heavy atom. The van der Waals surface area contributed by atoms with Crippen LogP contribution in [0.1, 0.15) is 16.1 Å². The minimum absolute atomic E-state index is 0.176. The summed E-state index contributed by atoms with van der Waals surface area (Å²) in [6.07, 6.45) is 3.45. The largest absolute Gasteiger partial charge is 0.347 e. The van der Waals surface area contributed by atoms with E-state index < -0.39 is 0 Å². The van der Waals surface area contributed by atoms with Crippen LogP contribution in [0, 0.1) is 0 Å². The molecule has 0 saturated carbocycles. The maximum absolute atomic E-state index is 12.3. The number of aryl methyl sites for hydroxylation is 1. The number of rotatable bonds is 4. The quantitative estimate of drug-likeness (QED) is 0.613. The van der Waals surface area contributed by atoms with E-state index in [-0.39, 0.29) is 5.91 Å². The highest BCUT2D eigenvalue weighted by atomic mass is 32.1. The second-order valence-electron chi connectivity index (χ2n) is 5.73. The number of nitrogens with zero attached hydrogens (tertiary/aromatic N) is 3. The molecule has 0 aliphatic rings. The van der Waals surface area contributed by atoms with Gasteiger partial charge in [-0.1, -0.05) is 24.3 Å². The van der Waals surface area contributed by atoms with Gasteiger partial charge < -0.3 is 9.88 Å². The third-order valence-corrected chi connectivity index (χ3v) is 4.95. The SMILES string of the molecule is Cn1c(-c2nc(C(=O)NCc3cccnc3)cs2)cc2ccccc21. The lowest BCUT2D eigenvalue weighted by Crippen LogP contribution is -2.23. The summed E-state index contributed by atoms with van der Waals surface area (Å²) in [5.41, 5.74) is 3.56. The summed E-state index contributed by atoms with van der Waals surface area (Å²) in [6, 6.07) is 14.1. The van der Waals surface area contributed by atoms with Crippen LogP contribution in [0.15, 0.2) is 60.2 Å². The van der Waals surface area contributed by atoms with Gasteiger partial charge in [-0.2, -0.15) is 0 Å². The van der Waals surface area contributed by atoms with Gasteiger partial charge in [0, 0.05) is 42.3 Å². The zero-order valence-corrected chi connectivity index (χ0v) is 14.5. The van der Waals surface area contributed by atoms with Crippen molar-refractivity contribution in [2.24, 2.45) is 7.05 Å². The highest BCUT2D eigenvalue weighted by Gasteiger charge is 2.15. The molecule has 5 nitrogen and oxygen atoms in total. The van der Waals surface area contributed by atoms with Gasteiger partial charge >= 0.3 is 0 Å². The van der Waals surface area contributed by atoms with Crippen molar-refractivity contribution in [1.82, 2.24) is 19.9 Å². The lowest BCUT2D eigenvalue weighted by molar-refractivity contribution is 0.0946. The first kappa shape index (κ1) is 15.5. The van der Waals surface area contributed by atoms with E-state index in [2.05, 4.69) is 38.1 Å². The first-order valence-electron chi connectivity index (χ1n) is 7.90. The van der Waals surface area contributed by atoms with Gasteiger partial charge in [0.2, 0.25) is 0 Å². The van der Waals surface area contributed by atoms with Crippen LogP contribution in [0.2, 0.25) is 0 Å². The molecule has 1 amide bonds. The van der Waals surface area contributed by atoms with Crippen LogP contribution in [0.5, 0.6) is 0 Å². The number of carbonyl (C=O) groups excluding carboxylic acids is 1. The van der Waals surface area contributed by atoms with E-state index in [0.29, 0.717) is 12.2 Å². The van der Waals surface area contributed by atoms with Gasteiger partial charge in [0.15, 0.2) is 0 Å². The van der Waals surface area contributed by atoms with Crippen molar-refractivity contribution in [2.45, 2.75) is 6.54 Å². The number of benzene rings is 1. The van der Waals surface area contributed by atoms with Crippen molar-refractivity contribution < 1.29 is 4.79 Å². The Morgan fingerprint density at radius 3 is 2.92 bits per heavy atom. The van der Waals surface area contributed by atoms with Crippen LogP contribution in [0.25, 0.3) is 21.6 Å². The molecule has 0 spiro atoms. The number of para-hydroxylation sites is 1. The van der Waals surface area contributed by atoms with Gasteiger partial charge in [0.25, 0.3) is 5.91 Å². The van der Waals surface area contributed by atoms with Crippen LogP contribution in [0.3, 0.4) is 0 Å². The smallest absolute Gasteiger partial charge is 0.271 e. The Morgan fingerprint density at radius 2 is 2.12 bits per heavy atom. The summed E-state index contributed by atoms with van der Waals surface area (Å²) in [5, 5.41) is 6.68. The van der Waals surface area contributed by atoms with E-state index in [1.165, 1.54) is 11.3 Å². The van der Waals surface area contributed by atoms with E-state index in [9.17, 15) is 4.79 Å². The number of nitrogens with one attached hydrogen (secondary N) is 1. The number of amides is 1. The molecule has 0 unspecified atom stereocenters. The minimum Gasteiger partial charge on any atom is -0.347 e. The van der Waals surface area contributed by atoms with E-state index in [0.717, 1.165) is 27.2 Å². The van der Waals surface area contributed by atoms with E-state index >= 15 is 0 Å². The molecule has 0 aliphatic carbocycles. The van der Waals surface area contributed by atoms with Crippen LogP contribution in [-0.2, 0) is 13.6 Å². The molecule has 0 radical (unpaired) electrons. The molecule has 0 fully saturated rings. The predicted molar refractivity (Wildman–Crippen MR) is 99.4 cm³/mol. The molecule has 1 N–H and O–H groups in total. The van der Waals surface area contributed by atoms with E-state index in [1.807, 2.05) is 31.3 Å². The lowest BCUT2D eigenvalue weighted by atomic mass is 10.2. The summed E-state index contributed by atoms with van der Waals surface area (Å²) in [5.74, 6) is -0.176. The molecule has 6 heteroatoms. The van der Waals surface area contributed by atoms with Crippen LogP contribution in [-0.4, -0.2) is 20.4 Å². The number of thiazole rings is 1. The van der Waals surface area contributed by atoms with Crippen molar-refractivity contribution in [3.8, 4) is 10.7 Å². The summed E-state index contributed by atoms with van der Waals surface area (Å²) >= 11 is 1.48. The molecule has 0 atom stereocenters. The van der Waals surface area contributed by atoms with Gasteiger partial charge in [-0.25, -0.2) is 4.98 Å². The zero-order chi connectivity index (χ0) is 17.2.